The Bertz CT molecular complexity index is 828. The summed E-state index contributed by atoms with van der Waals surface area (Å²) in [5.41, 5.74) is -2.70. The molecule has 1 aromatic rings. The van der Waals surface area contributed by atoms with Crippen molar-refractivity contribution in [2.45, 2.75) is 51.0 Å². The second-order valence-electron chi connectivity index (χ2n) is 7.67. The SMILES string of the molecule is CC(C)(C)OC(=O)NCc1ncccc1O[C@]1(C(=O)O)C[C@@H](C(=O)O)N(C(=O)O)C1. The summed E-state index contributed by atoms with van der Waals surface area (Å²) in [5.74, 6) is -3.04. The lowest BCUT2D eigenvalue weighted by atomic mass is 10.00. The highest BCUT2D eigenvalue weighted by Crippen LogP contribution is 2.34. The number of ether oxygens (including phenoxy) is 2. The maximum absolute atomic E-state index is 12.0. The molecule has 12 heteroatoms. The number of aliphatic carboxylic acids is 2. The smallest absolute Gasteiger partial charge is 0.408 e. The van der Waals surface area contributed by atoms with Crippen molar-refractivity contribution in [2.75, 3.05) is 6.54 Å². The van der Waals surface area contributed by atoms with Crippen LogP contribution in [0.25, 0.3) is 0 Å². The first kappa shape index (κ1) is 22.7. The van der Waals surface area contributed by atoms with Gasteiger partial charge >= 0.3 is 24.1 Å². The fourth-order valence-corrected chi connectivity index (χ4v) is 2.90. The summed E-state index contributed by atoms with van der Waals surface area (Å²) in [7, 11) is 0. The van der Waals surface area contributed by atoms with E-state index in [0.717, 1.165) is 0 Å². The molecule has 1 saturated heterocycles. The van der Waals surface area contributed by atoms with Crippen LogP contribution < -0.4 is 10.1 Å². The van der Waals surface area contributed by atoms with E-state index in [4.69, 9.17) is 9.47 Å². The molecule has 4 N–H and O–H groups in total. The lowest BCUT2D eigenvalue weighted by molar-refractivity contribution is -0.154. The molecule has 1 aliphatic rings. The van der Waals surface area contributed by atoms with Crippen LogP contribution in [0.4, 0.5) is 9.59 Å². The maximum Gasteiger partial charge on any atom is 0.408 e. The number of rotatable bonds is 6. The lowest BCUT2D eigenvalue weighted by Gasteiger charge is -2.26. The highest BCUT2D eigenvalue weighted by Gasteiger charge is 2.56. The number of likely N-dealkylation sites (tertiary alicyclic amines) is 1. The van der Waals surface area contributed by atoms with Gasteiger partial charge in [0.1, 0.15) is 23.1 Å². The zero-order valence-electron chi connectivity index (χ0n) is 16.6. The molecule has 30 heavy (non-hydrogen) atoms. The van der Waals surface area contributed by atoms with Crippen LogP contribution in [0.5, 0.6) is 5.75 Å². The Kier molecular flexibility index (Phi) is 6.38. The molecule has 2 heterocycles. The van der Waals surface area contributed by atoms with Gasteiger partial charge in [0.2, 0.25) is 5.60 Å². The van der Waals surface area contributed by atoms with Gasteiger partial charge in [-0.3, -0.25) is 9.88 Å². The van der Waals surface area contributed by atoms with Crippen molar-refractivity contribution in [3.05, 3.63) is 24.0 Å². The number of nitrogens with one attached hydrogen (secondary N) is 1. The molecule has 0 radical (unpaired) electrons. The number of nitrogens with zero attached hydrogens (tertiary/aromatic N) is 2. The number of hydrogen-bond acceptors (Lipinski definition) is 7. The molecule has 0 unspecified atom stereocenters. The molecule has 1 aromatic heterocycles. The van der Waals surface area contributed by atoms with E-state index >= 15 is 0 Å². The molecule has 0 spiro atoms. The summed E-state index contributed by atoms with van der Waals surface area (Å²) in [4.78, 5) is 51.2. The van der Waals surface area contributed by atoms with Crippen molar-refractivity contribution >= 4 is 24.1 Å². The third-order valence-corrected chi connectivity index (χ3v) is 4.20. The molecule has 1 aliphatic heterocycles. The Hall–Kier alpha value is -3.57. The van der Waals surface area contributed by atoms with Crippen LogP contribution in [-0.4, -0.2) is 73.1 Å². The molecular weight excluding hydrogens is 402 g/mol. The molecule has 1 fully saturated rings. The van der Waals surface area contributed by atoms with Gasteiger partial charge in [-0.2, -0.15) is 0 Å². The Morgan fingerprint density at radius 1 is 1.27 bits per heavy atom. The van der Waals surface area contributed by atoms with E-state index < -0.39 is 54.3 Å². The number of aromatic nitrogens is 1. The quantitative estimate of drug-likeness (QED) is 0.517. The van der Waals surface area contributed by atoms with Gasteiger partial charge in [-0.25, -0.2) is 19.2 Å². The summed E-state index contributed by atoms with van der Waals surface area (Å²) in [5, 5.41) is 30.7. The van der Waals surface area contributed by atoms with E-state index in [1.54, 1.807) is 20.8 Å². The third kappa shape index (κ3) is 5.27. The van der Waals surface area contributed by atoms with Gasteiger partial charge in [0.15, 0.2) is 0 Å². The van der Waals surface area contributed by atoms with E-state index in [1.807, 2.05) is 0 Å². The van der Waals surface area contributed by atoms with Crippen molar-refractivity contribution in [1.29, 1.82) is 0 Å². The second kappa shape index (κ2) is 8.43. The Morgan fingerprint density at radius 3 is 2.43 bits per heavy atom. The van der Waals surface area contributed by atoms with Crippen LogP contribution in [0.2, 0.25) is 0 Å². The van der Waals surface area contributed by atoms with Gasteiger partial charge < -0.3 is 30.1 Å². The Labute approximate surface area is 171 Å². The minimum atomic E-state index is -2.13. The highest BCUT2D eigenvalue weighted by atomic mass is 16.6. The fourth-order valence-electron chi connectivity index (χ4n) is 2.90. The number of carboxylic acids is 2. The second-order valence-corrected chi connectivity index (χ2v) is 7.67. The number of carbonyl (C=O) groups excluding carboxylic acids is 1. The van der Waals surface area contributed by atoms with E-state index in [9.17, 15) is 34.5 Å². The van der Waals surface area contributed by atoms with Gasteiger partial charge in [0.25, 0.3) is 0 Å². The standard InChI is InChI=1S/C18H23N3O9/c1-17(2,3)30-15(26)20-8-10-12(5-4-6-19-10)29-18(14(24)25)7-11(13(22)23)21(9-18)16(27)28/h4-6,11H,7-9H2,1-3H3,(H,20,26)(H,22,23)(H,24,25)(H,27,28)/t11-,18+/m0/s1. The van der Waals surface area contributed by atoms with Gasteiger partial charge in [-0.15, -0.1) is 0 Å². The molecule has 0 aliphatic carbocycles. The predicted molar refractivity (Wildman–Crippen MR) is 99.1 cm³/mol. The van der Waals surface area contributed by atoms with Crippen LogP contribution in [0.15, 0.2) is 18.3 Å². The highest BCUT2D eigenvalue weighted by molar-refractivity contribution is 5.86. The van der Waals surface area contributed by atoms with Crippen molar-refractivity contribution < 1.29 is 44.0 Å². The first-order chi connectivity index (χ1) is 13.8. The molecule has 2 amide bonds. The van der Waals surface area contributed by atoms with E-state index in [0.29, 0.717) is 4.90 Å². The normalized spacial score (nSPS) is 21.0. The monoisotopic (exact) mass is 425 g/mol. The molecule has 0 aromatic carbocycles. The topological polar surface area (TPSA) is 176 Å². The number of hydrogen-bond donors (Lipinski definition) is 4. The zero-order valence-corrected chi connectivity index (χ0v) is 16.6. The predicted octanol–water partition coefficient (Wildman–Crippen LogP) is 1.15. The molecule has 12 nitrogen and oxygen atoms in total. The van der Waals surface area contributed by atoms with Gasteiger partial charge in [-0.1, -0.05) is 0 Å². The summed E-state index contributed by atoms with van der Waals surface area (Å²) in [6.07, 6.45) is -1.51. The van der Waals surface area contributed by atoms with Crippen LogP contribution in [-0.2, 0) is 20.9 Å². The lowest BCUT2D eigenvalue weighted by Crippen LogP contribution is -2.48. The molecule has 0 bridgehead atoms. The first-order valence-electron chi connectivity index (χ1n) is 8.90. The maximum atomic E-state index is 12.0. The van der Waals surface area contributed by atoms with E-state index in [2.05, 4.69) is 10.3 Å². The number of alkyl carbamates (subject to hydrolysis) is 1. The van der Waals surface area contributed by atoms with Gasteiger partial charge in [0.05, 0.1) is 13.1 Å². The van der Waals surface area contributed by atoms with Gasteiger partial charge in [-0.05, 0) is 32.9 Å². The van der Waals surface area contributed by atoms with Crippen molar-refractivity contribution in [2.24, 2.45) is 0 Å². The average Bonchev–Trinajstić information content (AvgIpc) is 3.01. The summed E-state index contributed by atoms with van der Waals surface area (Å²) >= 11 is 0. The van der Waals surface area contributed by atoms with Crippen LogP contribution >= 0.6 is 0 Å². The summed E-state index contributed by atoms with van der Waals surface area (Å²) in [6, 6.07) is 1.27. The number of carboxylic acid groups (broad SMARTS) is 3. The van der Waals surface area contributed by atoms with Crippen LogP contribution in [0.3, 0.4) is 0 Å². The average molecular weight is 425 g/mol. The molecule has 164 valence electrons. The molecular formula is C18H23N3O9. The number of amides is 2. The van der Waals surface area contributed by atoms with Crippen LogP contribution in [0, 0.1) is 0 Å². The van der Waals surface area contributed by atoms with Crippen molar-refractivity contribution in [3.63, 3.8) is 0 Å². The van der Waals surface area contributed by atoms with E-state index in [-0.39, 0.29) is 18.0 Å². The minimum absolute atomic E-state index is 0.0349. The third-order valence-electron chi connectivity index (χ3n) is 4.20. The number of carbonyl (C=O) groups is 4. The summed E-state index contributed by atoms with van der Waals surface area (Å²) < 4.78 is 10.7. The van der Waals surface area contributed by atoms with Crippen molar-refractivity contribution in [3.8, 4) is 5.75 Å². The minimum Gasteiger partial charge on any atom is -0.480 e. The largest absolute Gasteiger partial charge is 0.480 e. The molecule has 2 atom stereocenters. The fraction of sp³-hybridized carbons (Fsp3) is 0.500. The van der Waals surface area contributed by atoms with Crippen LogP contribution in [0.1, 0.15) is 32.9 Å². The summed E-state index contributed by atoms with van der Waals surface area (Å²) in [6.45, 7) is 4.21. The Balaban J connectivity index is 2.25. The van der Waals surface area contributed by atoms with Crippen molar-refractivity contribution in [1.82, 2.24) is 15.2 Å². The number of pyridine rings is 1. The molecule has 0 saturated carbocycles. The van der Waals surface area contributed by atoms with Gasteiger partial charge in [0, 0.05) is 12.6 Å². The van der Waals surface area contributed by atoms with E-state index in [1.165, 1.54) is 18.3 Å². The zero-order chi connectivity index (χ0) is 22.7. The molecule has 2 rings (SSSR count). The Morgan fingerprint density at radius 2 is 1.93 bits per heavy atom. The first-order valence-corrected chi connectivity index (χ1v) is 8.90.